The van der Waals surface area contributed by atoms with Crippen LogP contribution in [0.3, 0.4) is 0 Å². The Labute approximate surface area is 148 Å². The van der Waals surface area contributed by atoms with Crippen molar-refractivity contribution in [1.29, 1.82) is 0 Å². The molecule has 0 atom stereocenters. The molecular weight excluding hydrogens is 368 g/mol. The van der Waals surface area contributed by atoms with Crippen molar-refractivity contribution in [2.24, 2.45) is 0 Å². The van der Waals surface area contributed by atoms with Gasteiger partial charge in [0.2, 0.25) is 11.1 Å². The van der Waals surface area contributed by atoms with Gasteiger partial charge in [-0.3, -0.25) is 0 Å². The van der Waals surface area contributed by atoms with Crippen molar-refractivity contribution < 1.29 is 8.42 Å². The van der Waals surface area contributed by atoms with E-state index in [-0.39, 0.29) is 15.9 Å². The molecule has 2 N–H and O–H groups in total. The van der Waals surface area contributed by atoms with Crippen LogP contribution in [-0.2, 0) is 15.8 Å². The summed E-state index contributed by atoms with van der Waals surface area (Å²) in [7, 11) is -3.82. The van der Waals surface area contributed by atoms with E-state index in [1.165, 1.54) is 23.9 Å². The van der Waals surface area contributed by atoms with E-state index in [2.05, 4.69) is 19.9 Å². The van der Waals surface area contributed by atoms with E-state index < -0.39 is 10.0 Å². The first-order valence-corrected chi connectivity index (χ1v) is 9.76. The first-order valence-electron chi connectivity index (χ1n) is 6.91. The fraction of sp³-hybridized carbons (Fsp3) is 0.0667. The number of thioether (sulfide) groups is 1. The highest BCUT2D eigenvalue weighted by molar-refractivity contribution is 7.98. The van der Waals surface area contributed by atoms with E-state index in [0.717, 1.165) is 5.56 Å². The van der Waals surface area contributed by atoms with Gasteiger partial charge in [0, 0.05) is 5.75 Å². The van der Waals surface area contributed by atoms with Gasteiger partial charge in [-0.1, -0.05) is 65.8 Å². The van der Waals surface area contributed by atoms with Crippen LogP contribution in [-0.4, -0.2) is 23.6 Å². The van der Waals surface area contributed by atoms with Gasteiger partial charge in [-0.25, -0.2) is 18.2 Å². The molecule has 6 nitrogen and oxygen atoms in total. The summed E-state index contributed by atoms with van der Waals surface area (Å²) in [5, 5.41) is 7.17. The van der Waals surface area contributed by atoms with E-state index in [9.17, 15) is 8.42 Å². The lowest BCUT2D eigenvalue weighted by Gasteiger charge is -2.06. The van der Waals surface area contributed by atoms with Gasteiger partial charge >= 0.3 is 0 Å². The SMILES string of the molecule is O=S(=O)(Nc1nc(SCc2ccccc2)n[nH]1)c1ccccc1Cl. The molecule has 0 saturated carbocycles. The standard InChI is InChI=1S/C15H13ClN4O2S2/c16-12-8-4-5-9-13(12)24(21,22)20-14-17-15(19-18-14)23-10-11-6-2-1-3-7-11/h1-9H,10H2,(H2,17,18,19,20). The van der Waals surface area contributed by atoms with E-state index in [0.29, 0.717) is 10.9 Å². The molecule has 1 aromatic heterocycles. The summed E-state index contributed by atoms with van der Waals surface area (Å²) in [6.45, 7) is 0. The molecule has 0 fully saturated rings. The largest absolute Gasteiger partial charge is 0.265 e. The van der Waals surface area contributed by atoms with Gasteiger partial charge < -0.3 is 0 Å². The van der Waals surface area contributed by atoms with Crippen LogP contribution >= 0.6 is 23.4 Å². The van der Waals surface area contributed by atoms with E-state index in [1.807, 2.05) is 30.3 Å². The van der Waals surface area contributed by atoms with Crippen molar-refractivity contribution in [1.82, 2.24) is 15.2 Å². The summed E-state index contributed by atoms with van der Waals surface area (Å²) in [5.74, 6) is 0.737. The summed E-state index contributed by atoms with van der Waals surface area (Å²) < 4.78 is 27.0. The number of nitrogens with one attached hydrogen (secondary N) is 2. The highest BCUT2D eigenvalue weighted by atomic mass is 35.5. The monoisotopic (exact) mass is 380 g/mol. The minimum Gasteiger partial charge on any atom is -0.247 e. The van der Waals surface area contributed by atoms with Crippen LogP contribution < -0.4 is 4.72 Å². The third-order valence-corrected chi connectivity index (χ3v) is 5.79. The van der Waals surface area contributed by atoms with Crippen LogP contribution in [0.25, 0.3) is 0 Å². The number of H-pyrrole nitrogens is 1. The van der Waals surface area contributed by atoms with Gasteiger partial charge in [0.05, 0.1) is 5.02 Å². The summed E-state index contributed by atoms with van der Waals surface area (Å²) in [5.41, 5.74) is 1.13. The maximum absolute atomic E-state index is 12.3. The zero-order chi connectivity index (χ0) is 17.0. The summed E-state index contributed by atoms with van der Waals surface area (Å²) in [6.07, 6.45) is 0. The minimum atomic E-state index is -3.82. The van der Waals surface area contributed by atoms with Crippen LogP contribution in [0.4, 0.5) is 5.95 Å². The van der Waals surface area contributed by atoms with Crippen molar-refractivity contribution in [3.8, 4) is 0 Å². The van der Waals surface area contributed by atoms with Crippen LogP contribution in [0, 0.1) is 0 Å². The van der Waals surface area contributed by atoms with E-state index in [4.69, 9.17) is 11.6 Å². The molecule has 0 bridgehead atoms. The Morgan fingerprint density at radius 2 is 1.79 bits per heavy atom. The number of aromatic nitrogens is 3. The Morgan fingerprint density at radius 1 is 1.08 bits per heavy atom. The highest BCUT2D eigenvalue weighted by Gasteiger charge is 2.19. The smallest absolute Gasteiger partial charge is 0.247 e. The third-order valence-electron chi connectivity index (χ3n) is 3.03. The first-order chi connectivity index (χ1) is 11.5. The quantitative estimate of drug-likeness (QED) is 0.638. The summed E-state index contributed by atoms with van der Waals surface area (Å²) in [6, 6.07) is 16.1. The number of halogens is 1. The van der Waals surface area contributed by atoms with Gasteiger partial charge in [-0.15, -0.1) is 5.10 Å². The minimum absolute atomic E-state index is 0.0124. The Morgan fingerprint density at radius 3 is 2.54 bits per heavy atom. The van der Waals surface area contributed by atoms with Crippen LogP contribution in [0.2, 0.25) is 5.02 Å². The molecule has 24 heavy (non-hydrogen) atoms. The number of sulfonamides is 1. The molecule has 124 valence electrons. The Hall–Kier alpha value is -2.03. The van der Waals surface area contributed by atoms with Crippen LogP contribution in [0.5, 0.6) is 0 Å². The fourth-order valence-corrected chi connectivity index (χ4v) is 4.16. The highest BCUT2D eigenvalue weighted by Crippen LogP contribution is 2.24. The number of anilines is 1. The molecule has 0 unspecified atom stereocenters. The molecule has 1 heterocycles. The average Bonchev–Trinajstić information content (AvgIpc) is 3.01. The van der Waals surface area contributed by atoms with Crippen molar-refractivity contribution in [3.05, 3.63) is 65.2 Å². The van der Waals surface area contributed by atoms with Gasteiger partial charge in [0.1, 0.15) is 4.90 Å². The topological polar surface area (TPSA) is 87.7 Å². The number of rotatable bonds is 6. The zero-order valence-electron chi connectivity index (χ0n) is 12.3. The maximum atomic E-state index is 12.3. The second-order valence-electron chi connectivity index (χ2n) is 4.78. The van der Waals surface area contributed by atoms with Crippen molar-refractivity contribution >= 4 is 39.3 Å². The fourth-order valence-electron chi connectivity index (χ4n) is 1.92. The Bertz CT molecular complexity index is 929. The van der Waals surface area contributed by atoms with Crippen LogP contribution in [0.15, 0.2) is 64.6 Å². The Kier molecular flexibility index (Phi) is 5.08. The number of hydrogen-bond acceptors (Lipinski definition) is 5. The lowest BCUT2D eigenvalue weighted by atomic mass is 10.2. The summed E-state index contributed by atoms with van der Waals surface area (Å²) in [4.78, 5) is 4.12. The molecule has 3 aromatic rings. The normalized spacial score (nSPS) is 11.4. The van der Waals surface area contributed by atoms with Crippen molar-refractivity contribution in [3.63, 3.8) is 0 Å². The predicted molar refractivity (Wildman–Crippen MR) is 94.6 cm³/mol. The number of benzene rings is 2. The zero-order valence-corrected chi connectivity index (χ0v) is 14.7. The molecule has 3 rings (SSSR count). The maximum Gasteiger partial charge on any atom is 0.265 e. The molecule has 0 spiro atoms. The molecule has 9 heteroatoms. The number of nitrogens with zero attached hydrogens (tertiary/aromatic N) is 2. The van der Waals surface area contributed by atoms with Gasteiger partial charge in [0.25, 0.3) is 10.0 Å². The van der Waals surface area contributed by atoms with E-state index >= 15 is 0 Å². The molecule has 0 aliphatic heterocycles. The lowest BCUT2D eigenvalue weighted by Crippen LogP contribution is -2.14. The number of aromatic amines is 1. The second kappa shape index (κ2) is 7.25. The number of hydrogen-bond donors (Lipinski definition) is 2. The molecule has 0 saturated heterocycles. The first kappa shape index (κ1) is 16.8. The van der Waals surface area contributed by atoms with E-state index in [1.54, 1.807) is 12.1 Å². The Balaban J connectivity index is 1.69. The van der Waals surface area contributed by atoms with Crippen molar-refractivity contribution in [2.75, 3.05) is 4.72 Å². The second-order valence-corrected chi connectivity index (χ2v) is 7.78. The van der Waals surface area contributed by atoms with Crippen LogP contribution in [0.1, 0.15) is 5.56 Å². The molecule has 0 radical (unpaired) electrons. The van der Waals surface area contributed by atoms with Gasteiger partial charge in [-0.2, -0.15) is 4.98 Å². The molecular formula is C15H13ClN4O2S2. The predicted octanol–water partition coefficient (Wildman–Crippen LogP) is 3.55. The molecule has 0 amide bonds. The molecule has 0 aliphatic rings. The lowest BCUT2D eigenvalue weighted by molar-refractivity contribution is 0.601. The summed E-state index contributed by atoms with van der Waals surface area (Å²) >= 11 is 7.33. The molecule has 0 aliphatic carbocycles. The average molecular weight is 381 g/mol. The van der Waals surface area contributed by atoms with Crippen molar-refractivity contribution in [2.45, 2.75) is 15.8 Å². The van der Waals surface area contributed by atoms with Gasteiger partial charge in [0.15, 0.2) is 0 Å². The molecule has 2 aromatic carbocycles. The van der Waals surface area contributed by atoms with Gasteiger partial charge in [-0.05, 0) is 17.7 Å². The third kappa shape index (κ3) is 4.08.